The Kier molecular flexibility index (Phi) is 5.23. The van der Waals surface area contributed by atoms with Gasteiger partial charge in [-0.25, -0.2) is 4.98 Å². The van der Waals surface area contributed by atoms with Crippen LogP contribution in [-0.4, -0.2) is 10.9 Å². The van der Waals surface area contributed by atoms with Gasteiger partial charge in [-0.3, -0.25) is 4.79 Å². The zero-order chi connectivity index (χ0) is 16.8. The molecular formula is C19H16BrN3O. The Morgan fingerprint density at radius 2 is 1.71 bits per heavy atom. The number of nitrogens with zero attached hydrogens (tertiary/aromatic N) is 1. The van der Waals surface area contributed by atoms with Gasteiger partial charge in [0.15, 0.2) is 0 Å². The first-order valence-corrected chi connectivity index (χ1v) is 8.31. The van der Waals surface area contributed by atoms with Gasteiger partial charge in [-0.2, -0.15) is 0 Å². The zero-order valence-electron chi connectivity index (χ0n) is 12.9. The average Bonchev–Trinajstić information content (AvgIpc) is 2.63. The van der Waals surface area contributed by atoms with E-state index in [1.54, 1.807) is 18.3 Å². The van der Waals surface area contributed by atoms with Crippen LogP contribution in [0.4, 0.5) is 11.5 Å². The van der Waals surface area contributed by atoms with Crippen LogP contribution in [0.25, 0.3) is 0 Å². The van der Waals surface area contributed by atoms with Crippen molar-refractivity contribution in [3.05, 3.63) is 88.5 Å². The minimum Gasteiger partial charge on any atom is -0.348 e. The summed E-state index contributed by atoms with van der Waals surface area (Å²) in [6, 6.07) is 21.0. The van der Waals surface area contributed by atoms with Crippen molar-refractivity contribution in [1.82, 2.24) is 10.3 Å². The Labute approximate surface area is 149 Å². The van der Waals surface area contributed by atoms with Crippen molar-refractivity contribution in [2.24, 2.45) is 0 Å². The smallest absolute Gasteiger partial charge is 0.255 e. The molecule has 0 bridgehead atoms. The van der Waals surface area contributed by atoms with Crippen LogP contribution in [0.5, 0.6) is 0 Å². The number of benzene rings is 2. The van der Waals surface area contributed by atoms with Gasteiger partial charge in [0.25, 0.3) is 5.91 Å². The van der Waals surface area contributed by atoms with Gasteiger partial charge in [-0.05, 0) is 42.0 Å². The fourth-order valence-corrected chi connectivity index (χ4v) is 2.50. The summed E-state index contributed by atoms with van der Waals surface area (Å²) < 4.78 is 0.995. The number of carbonyl (C=O) groups is 1. The molecule has 1 heterocycles. The Balaban J connectivity index is 1.73. The molecule has 1 aromatic heterocycles. The fraction of sp³-hybridized carbons (Fsp3) is 0.0526. The molecule has 2 aromatic carbocycles. The quantitative estimate of drug-likeness (QED) is 0.682. The van der Waals surface area contributed by atoms with Crippen molar-refractivity contribution in [2.45, 2.75) is 6.54 Å². The molecule has 2 N–H and O–H groups in total. The van der Waals surface area contributed by atoms with Crippen LogP contribution in [0.3, 0.4) is 0 Å². The molecule has 0 aliphatic heterocycles. The van der Waals surface area contributed by atoms with Crippen LogP contribution in [0, 0.1) is 0 Å². The number of hydrogen-bond donors (Lipinski definition) is 2. The highest BCUT2D eigenvalue weighted by Crippen LogP contribution is 2.20. The Bertz CT molecular complexity index is 820. The molecule has 0 atom stereocenters. The molecule has 0 saturated carbocycles. The molecule has 0 saturated heterocycles. The zero-order valence-corrected chi connectivity index (χ0v) is 14.5. The van der Waals surface area contributed by atoms with E-state index in [1.165, 1.54) is 0 Å². The maximum absolute atomic E-state index is 12.5. The summed E-state index contributed by atoms with van der Waals surface area (Å²) in [6.45, 7) is 0.478. The van der Waals surface area contributed by atoms with Crippen molar-refractivity contribution >= 4 is 33.3 Å². The SMILES string of the molecule is O=C(NCc1ccccc1)c1cccnc1Nc1ccc(Br)cc1. The topological polar surface area (TPSA) is 54.0 Å². The number of halogens is 1. The molecule has 24 heavy (non-hydrogen) atoms. The Morgan fingerprint density at radius 3 is 2.46 bits per heavy atom. The van der Waals surface area contributed by atoms with Gasteiger partial charge in [0.2, 0.25) is 0 Å². The van der Waals surface area contributed by atoms with E-state index >= 15 is 0 Å². The second-order valence-corrected chi connectivity index (χ2v) is 6.12. The van der Waals surface area contributed by atoms with Crippen molar-refractivity contribution in [3.63, 3.8) is 0 Å². The summed E-state index contributed by atoms with van der Waals surface area (Å²) in [6.07, 6.45) is 1.66. The van der Waals surface area contributed by atoms with Crippen LogP contribution < -0.4 is 10.6 Å². The standard InChI is InChI=1S/C19H16BrN3O/c20-15-8-10-16(11-9-15)23-18-17(7-4-12-21-18)19(24)22-13-14-5-2-1-3-6-14/h1-12H,13H2,(H,21,23)(H,22,24). The van der Waals surface area contributed by atoms with E-state index in [-0.39, 0.29) is 5.91 Å². The summed E-state index contributed by atoms with van der Waals surface area (Å²) in [4.78, 5) is 16.8. The van der Waals surface area contributed by atoms with Gasteiger partial charge in [-0.15, -0.1) is 0 Å². The van der Waals surface area contributed by atoms with E-state index in [4.69, 9.17) is 0 Å². The first-order chi connectivity index (χ1) is 11.7. The third-order valence-electron chi connectivity index (χ3n) is 3.46. The predicted molar refractivity (Wildman–Crippen MR) is 99.3 cm³/mol. The van der Waals surface area contributed by atoms with Crippen LogP contribution in [-0.2, 0) is 6.54 Å². The van der Waals surface area contributed by atoms with Crippen molar-refractivity contribution < 1.29 is 4.79 Å². The van der Waals surface area contributed by atoms with Crippen molar-refractivity contribution in [2.75, 3.05) is 5.32 Å². The molecular weight excluding hydrogens is 366 g/mol. The highest BCUT2D eigenvalue weighted by atomic mass is 79.9. The summed E-state index contributed by atoms with van der Waals surface area (Å²) in [5.41, 5.74) is 2.43. The molecule has 0 unspecified atom stereocenters. The molecule has 120 valence electrons. The van der Waals surface area contributed by atoms with E-state index in [9.17, 15) is 4.79 Å². The maximum Gasteiger partial charge on any atom is 0.255 e. The largest absolute Gasteiger partial charge is 0.348 e. The lowest BCUT2D eigenvalue weighted by atomic mass is 10.2. The molecule has 0 aliphatic rings. The monoisotopic (exact) mass is 381 g/mol. The number of amides is 1. The highest BCUT2D eigenvalue weighted by molar-refractivity contribution is 9.10. The molecule has 0 fully saturated rings. The molecule has 3 rings (SSSR count). The van der Waals surface area contributed by atoms with Crippen LogP contribution >= 0.6 is 15.9 Å². The Morgan fingerprint density at radius 1 is 0.958 bits per heavy atom. The Hall–Kier alpha value is -2.66. The molecule has 5 heteroatoms. The maximum atomic E-state index is 12.5. The van der Waals surface area contributed by atoms with Gasteiger partial charge in [-0.1, -0.05) is 46.3 Å². The lowest BCUT2D eigenvalue weighted by Crippen LogP contribution is -2.24. The fourth-order valence-electron chi connectivity index (χ4n) is 2.23. The number of aromatic nitrogens is 1. The predicted octanol–water partition coefficient (Wildman–Crippen LogP) is 4.52. The first-order valence-electron chi connectivity index (χ1n) is 7.52. The second kappa shape index (κ2) is 7.75. The number of nitrogens with one attached hydrogen (secondary N) is 2. The lowest BCUT2D eigenvalue weighted by Gasteiger charge is -2.11. The van der Waals surface area contributed by atoms with Gasteiger partial charge in [0.05, 0.1) is 5.56 Å². The van der Waals surface area contributed by atoms with E-state index in [1.807, 2.05) is 54.6 Å². The number of rotatable bonds is 5. The average molecular weight is 382 g/mol. The third-order valence-corrected chi connectivity index (χ3v) is 3.98. The highest BCUT2D eigenvalue weighted by Gasteiger charge is 2.12. The summed E-state index contributed by atoms with van der Waals surface area (Å²) in [5.74, 6) is 0.372. The molecule has 0 spiro atoms. The van der Waals surface area contributed by atoms with Crippen molar-refractivity contribution in [3.8, 4) is 0 Å². The van der Waals surface area contributed by atoms with Gasteiger partial charge >= 0.3 is 0 Å². The molecule has 3 aromatic rings. The minimum atomic E-state index is -0.161. The second-order valence-electron chi connectivity index (χ2n) is 5.20. The van der Waals surface area contributed by atoms with E-state index in [0.29, 0.717) is 17.9 Å². The normalized spacial score (nSPS) is 10.2. The van der Waals surface area contributed by atoms with Gasteiger partial charge in [0, 0.05) is 22.9 Å². The van der Waals surface area contributed by atoms with Gasteiger partial charge < -0.3 is 10.6 Å². The van der Waals surface area contributed by atoms with E-state index in [0.717, 1.165) is 15.7 Å². The molecule has 4 nitrogen and oxygen atoms in total. The summed E-state index contributed by atoms with van der Waals surface area (Å²) in [7, 11) is 0. The minimum absolute atomic E-state index is 0.161. The van der Waals surface area contributed by atoms with E-state index < -0.39 is 0 Å². The number of pyridine rings is 1. The van der Waals surface area contributed by atoms with Crippen LogP contribution in [0.1, 0.15) is 15.9 Å². The number of anilines is 2. The molecule has 0 radical (unpaired) electrons. The first kappa shape index (κ1) is 16.2. The molecule has 0 aliphatic carbocycles. The van der Waals surface area contributed by atoms with Crippen molar-refractivity contribution in [1.29, 1.82) is 0 Å². The molecule has 1 amide bonds. The summed E-state index contributed by atoms with van der Waals surface area (Å²) in [5, 5.41) is 6.11. The van der Waals surface area contributed by atoms with Crippen LogP contribution in [0.2, 0.25) is 0 Å². The number of hydrogen-bond acceptors (Lipinski definition) is 3. The summed E-state index contributed by atoms with van der Waals surface area (Å²) >= 11 is 3.40. The third kappa shape index (κ3) is 4.20. The van der Waals surface area contributed by atoms with Crippen LogP contribution in [0.15, 0.2) is 77.4 Å². The lowest BCUT2D eigenvalue weighted by molar-refractivity contribution is 0.0951. The van der Waals surface area contributed by atoms with E-state index in [2.05, 4.69) is 31.5 Å². The number of carbonyl (C=O) groups excluding carboxylic acids is 1. The van der Waals surface area contributed by atoms with Gasteiger partial charge in [0.1, 0.15) is 5.82 Å².